The lowest BCUT2D eigenvalue weighted by Gasteiger charge is -2.22. The van der Waals surface area contributed by atoms with Crippen molar-refractivity contribution in [3.05, 3.63) is 89.1 Å². The monoisotopic (exact) mass is 533 g/mol. The molecule has 0 unspecified atom stereocenters. The number of fused-ring (bicyclic) bond motifs is 3. The molecule has 0 N–H and O–H groups in total. The molecule has 3 heterocycles. The average Bonchev–Trinajstić information content (AvgIpc) is 3.38. The quantitative estimate of drug-likeness (QED) is 0.220. The molecule has 6 rings (SSSR count). The van der Waals surface area contributed by atoms with Gasteiger partial charge in [0.2, 0.25) is 0 Å². The molecule has 0 aliphatic rings. The van der Waals surface area contributed by atoms with Crippen molar-refractivity contribution >= 4 is 53.6 Å². The minimum atomic E-state index is 0.0443. The molecule has 0 aliphatic heterocycles. The lowest BCUT2D eigenvalue weighted by atomic mass is 9.82. The van der Waals surface area contributed by atoms with E-state index in [1.54, 1.807) is 0 Å². The fourth-order valence-corrected chi connectivity index (χ4v) is 8.55. The Labute approximate surface area is 234 Å². The molecule has 0 aliphatic carbocycles. The number of aromatic nitrogens is 1. The van der Waals surface area contributed by atoms with Crippen LogP contribution in [0.3, 0.4) is 0 Å². The fraction of sp³-hybridized carbons (Fsp3) is 0.286. The summed E-state index contributed by atoms with van der Waals surface area (Å²) in [6, 6.07) is 22.7. The molecule has 192 valence electrons. The normalized spacial score (nSPS) is 12.4. The van der Waals surface area contributed by atoms with Crippen LogP contribution in [0.25, 0.3) is 52.0 Å². The van der Waals surface area contributed by atoms with E-state index in [9.17, 15) is 0 Å². The SMILES string of the molecule is Cc1c(-c2sc3c(-c4cc(C(C)(C)C)c5ccccc5c4)nccc3c2C)sc2cc(CC(C)C)ccc12. The van der Waals surface area contributed by atoms with Crippen LogP contribution in [-0.2, 0) is 11.8 Å². The fourth-order valence-electron chi connectivity index (χ4n) is 5.72. The highest BCUT2D eigenvalue weighted by atomic mass is 32.1. The van der Waals surface area contributed by atoms with Gasteiger partial charge < -0.3 is 0 Å². The van der Waals surface area contributed by atoms with E-state index in [-0.39, 0.29) is 5.41 Å². The average molecular weight is 534 g/mol. The van der Waals surface area contributed by atoms with Crippen LogP contribution in [0.1, 0.15) is 56.9 Å². The summed E-state index contributed by atoms with van der Waals surface area (Å²) in [5, 5.41) is 5.31. The second kappa shape index (κ2) is 9.32. The number of nitrogens with zero attached hydrogens (tertiary/aromatic N) is 1. The standard InChI is InChI=1S/C35H35NS2/c1-20(2)16-23-12-13-26-21(3)32(37-30(26)17-23)33-22(4)27-14-15-36-31(34(27)38-33)25-18-24-10-8-9-11-28(24)29(19-25)35(5,6)7/h8-15,17-20H,16H2,1-7H3. The summed E-state index contributed by atoms with van der Waals surface area (Å²) >= 11 is 3.86. The minimum Gasteiger partial charge on any atom is -0.255 e. The molecule has 3 aromatic heterocycles. The predicted octanol–water partition coefficient (Wildman–Crippen LogP) is 11.1. The van der Waals surface area contributed by atoms with Crippen molar-refractivity contribution in [2.24, 2.45) is 5.92 Å². The van der Waals surface area contributed by atoms with Gasteiger partial charge in [0.1, 0.15) is 0 Å². The summed E-state index contributed by atoms with van der Waals surface area (Å²) in [4.78, 5) is 7.76. The van der Waals surface area contributed by atoms with Crippen LogP contribution in [0.2, 0.25) is 0 Å². The van der Waals surface area contributed by atoms with E-state index < -0.39 is 0 Å². The van der Waals surface area contributed by atoms with Gasteiger partial charge in [0.05, 0.1) is 10.4 Å². The van der Waals surface area contributed by atoms with Gasteiger partial charge in [-0.3, -0.25) is 4.98 Å². The Morgan fingerprint density at radius 1 is 0.789 bits per heavy atom. The number of rotatable bonds is 4. The topological polar surface area (TPSA) is 12.9 Å². The molecule has 1 nitrogen and oxygen atoms in total. The molecular formula is C35H35NS2. The van der Waals surface area contributed by atoms with Crippen LogP contribution in [0.5, 0.6) is 0 Å². The van der Waals surface area contributed by atoms with Crippen molar-refractivity contribution in [2.45, 2.75) is 60.3 Å². The molecule has 38 heavy (non-hydrogen) atoms. The Morgan fingerprint density at radius 3 is 2.29 bits per heavy atom. The zero-order chi connectivity index (χ0) is 26.8. The molecule has 0 bridgehead atoms. The first-order chi connectivity index (χ1) is 18.1. The maximum atomic E-state index is 4.97. The van der Waals surface area contributed by atoms with Gasteiger partial charge in [0.25, 0.3) is 0 Å². The Kier molecular flexibility index (Phi) is 6.20. The highest BCUT2D eigenvalue weighted by Gasteiger charge is 2.22. The first-order valence-electron chi connectivity index (χ1n) is 13.6. The second-order valence-corrected chi connectivity index (χ2v) is 14.1. The number of benzene rings is 3. The van der Waals surface area contributed by atoms with Crippen molar-refractivity contribution in [3.8, 4) is 21.0 Å². The van der Waals surface area contributed by atoms with Gasteiger partial charge in [0.15, 0.2) is 0 Å². The van der Waals surface area contributed by atoms with Crippen molar-refractivity contribution < 1.29 is 0 Å². The van der Waals surface area contributed by atoms with Crippen LogP contribution in [0.15, 0.2) is 66.9 Å². The minimum absolute atomic E-state index is 0.0443. The van der Waals surface area contributed by atoms with Gasteiger partial charge >= 0.3 is 0 Å². The third-order valence-corrected chi connectivity index (χ3v) is 10.4. The van der Waals surface area contributed by atoms with E-state index in [1.807, 2.05) is 28.9 Å². The van der Waals surface area contributed by atoms with Crippen LogP contribution in [-0.4, -0.2) is 4.98 Å². The summed E-state index contributed by atoms with van der Waals surface area (Å²) in [5.74, 6) is 0.664. The Bertz CT molecular complexity index is 1820. The maximum absolute atomic E-state index is 4.97. The van der Waals surface area contributed by atoms with Gasteiger partial charge in [-0.25, -0.2) is 0 Å². The van der Waals surface area contributed by atoms with E-state index in [4.69, 9.17) is 4.98 Å². The summed E-state index contributed by atoms with van der Waals surface area (Å²) in [5.41, 5.74) is 7.91. The summed E-state index contributed by atoms with van der Waals surface area (Å²) in [6.45, 7) is 16.1. The van der Waals surface area contributed by atoms with Crippen molar-refractivity contribution in [3.63, 3.8) is 0 Å². The van der Waals surface area contributed by atoms with Crippen molar-refractivity contribution in [2.75, 3.05) is 0 Å². The lowest BCUT2D eigenvalue weighted by molar-refractivity contribution is 0.596. The second-order valence-electron chi connectivity index (χ2n) is 12.1. The van der Waals surface area contributed by atoms with Gasteiger partial charge in [-0.2, -0.15) is 0 Å². The molecule has 0 saturated heterocycles. The van der Waals surface area contributed by atoms with Crippen LogP contribution in [0, 0.1) is 19.8 Å². The van der Waals surface area contributed by atoms with Crippen molar-refractivity contribution in [1.82, 2.24) is 4.98 Å². The first-order valence-corrected chi connectivity index (χ1v) is 15.2. The van der Waals surface area contributed by atoms with Gasteiger partial charge in [-0.1, -0.05) is 71.0 Å². The van der Waals surface area contributed by atoms with E-state index in [0.717, 1.165) is 12.1 Å². The lowest BCUT2D eigenvalue weighted by Crippen LogP contribution is -2.12. The van der Waals surface area contributed by atoms with E-state index in [0.29, 0.717) is 5.92 Å². The summed E-state index contributed by atoms with van der Waals surface area (Å²) in [6.07, 6.45) is 3.12. The molecule has 3 aromatic carbocycles. The molecule has 0 spiro atoms. The maximum Gasteiger partial charge on any atom is 0.0880 e. The highest BCUT2D eigenvalue weighted by molar-refractivity contribution is 7.29. The summed E-state index contributed by atoms with van der Waals surface area (Å²) < 4.78 is 2.68. The highest BCUT2D eigenvalue weighted by Crippen LogP contribution is 2.48. The van der Waals surface area contributed by atoms with E-state index in [2.05, 4.69) is 109 Å². The molecule has 0 saturated carbocycles. The molecule has 3 heteroatoms. The van der Waals surface area contributed by atoms with Crippen LogP contribution < -0.4 is 0 Å². The smallest absolute Gasteiger partial charge is 0.0880 e. The zero-order valence-corrected chi connectivity index (χ0v) is 25.0. The van der Waals surface area contributed by atoms with Gasteiger partial charge in [0, 0.05) is 26.2 Å². The third kappa shape index (κ3) is 4.26. The van der Waals surface area contributed by atoms with Crippen molar-refractivity contribution in [1.29, 1.82) is 0 Å². The first kappa shape index (κ1) is 25.3. The van der Waals surface area contributed by atoms with Gasteiger partial charge in [-0.05, 0) is 99.7 Å². The number of pyridine rings is 1. The molecule has 0 fully saturated rings. The Morgan fingerprint density at radius 2 is 1.53 bits per heavy atom. The van der Waals surface area contributed by atoms with Gasteiger partial charge in [-0.15, -0.1) is 22.7 Å². The Balaban J connectivity index is 1.54. The number of hydrogen-bond donors (Lipinski definition) is 0. The van der Waals surface area contributed by atoms with E-state index in [1.165, 1.54) is 68.5 Å². The number of aryl methyl sites for hydroxylation is 2. The van der Waals surface area contributed by atoms with Crippen LogP contribution in [0.4, 0.5) is 0 Å². The van der Waals surface area contributed by atoms with E-state index >= 15 is 0 Å². The zero-order valence-electron chi connectivity index (χ0n) is 23.4. The Hall–Kier alpha value is -3.01. The summed E-state index contributed by atoms with van der Waals surface area (Å²) in [7, 11) is 0. The largest absolute Gasteiger partial charge is 0.255 e. The molecule has 6 aromatic rings. The predicted molar refractivity (Wildman–Crippen MR) is 170 cm³/mol. The third-order valence-electron chi connectivity index (χ3n) is 7.65. The molecule has 0 amide bonds. The molecule has 0 radical (unpaired) electrons. The number of hydrogen-bond acceptors (Lipinski definition) is 3. The molecule has 0 atom stereocenters. The molecular weight excluding hydrogens is 499 g/mol. The van der Waals surface area contributed by atoms with Crippen LogP contribution >= 0.6 is 22.7 Å². The number of thiophene rings is 2.